The van der Waals surface area contributed by atoms with Gasteiger partial charge in [-0.2, -0.15) is 0 Å². The third kappa shape index (κ3) is 4.97. The second-order valence-electron chi connectivity index (χ2n) is 2.78. The van der Waals surface area contributed by atoms with Gasteiger partial charge < -0.3 is 9.79 Å². The van der Waals surface area contributed by atoms with Crippen LogP contribution in [0.1, 0.15) is 16.7 Å². The van der Waals surface area contributed by atoms with Crippen molar-refractivity contribution in [2.45, 2.75) is 13.8 Å². The van der Waals surface area contributed by atoms with E-state index in [1.807, 2.05) is 6.08 Å². The van der Waals surface area contributed by atoms with Gasteiger partial charge in [-0.3, -0.25) is 4.57 Å². The highest BCUT2D eigenvalue weighted by Crippen LogP contribution is 2.12. The van der Waals surface area contributed by atoms with E-state index in [-0.39, 0.29) is 0 Å². The monoisotopic (exact) mass is 214 g/mol. The fraction of sp³-hybridized carbons (Fsp3) is 0.200. The van der Waals surface area contributed by atoms with Gasteiger partial charge in [-0.25, -0.2) is 0 Å². The molecule has 0 aliphatic carbocycles. The number of hydrogen-bond acceptors (Lipinski definition) is 1. The van der Waals surface area contributed by atoms with Crippen molar-refractivity contribution >= 4 is 14.3 Å². The van der Waals surface area contributed by atoms with E-state index >= 15 is 0 Å². The SMILES string of the molecule is C=Cc1cccc(C)c1C.O=[PH](O)O. The minimum absolute atomic E-state index is 1.24. The molecule has 2 N–H and O–H groups in total. The Morgan fingerprint density at radius 1 is 1.36 bits per heavy atom. The van der Waals surface area contributed by atoms with Gasteiger partial charge in [-0.15, -0.1) is 0 Å². The maximum Gasteiger partial charge on any atom is 0.314 e. The molecule has 78 valence electrons. The lowest BCUT2D eigenvalue weighted by molar-refractivity contribution is 0.405. The fourth-order valence-electron chi connectivity index (χ4n) is 0.995. The van der Waals surface area contributed by atoms with Crippen LogP contribution in [-0.2, 0) is 4.57 Å². The van der Waals surface area contributed by atoms with E-state index < -0.39 is 8.25 Å². The van der Waals surface area contributed by atoms with Crippen LogP contribution in [0, 0.1) is 13.8 Å². The van der Waals surface area contributed by atoms with E-state index in [1.165, 1.54) is 16.7 Å². The number of aryl methyl sites for hydroxylation is 1. The summed E-state index contributed by atoms with van der Waals surface area (Å²) in [4.78, 5) is 14.3. The summed E-state index contributed by atoms with van der Waals surface area (Å²) in [5, 5.41) is 0. The number of rotatable bonds is 1. The molecule has 0 atom stereocenters. The molecule has 0 saturated heterocycles. The Morgan fingerprint density at radius 2 is 1.86 bits per heavy atom. The summed E-state index contributed by atoms with van der Waals surface area (Å²) in [7, 11) is -3.13. The second kappa shape index (κ2) is 6.55. The van der Waals surface area contributed by atoms with Crippen molar-refractivity contribution in [3.8, 4) is 0 Å². The van der Waals surface area contributed by atoms with Gasteiger partial charge in [0.05, 0.1) is 0 Å². The van der Waals surface area contributed by atoms with Gasteiger partial charge in [0.1, 0.15) is 0 Å². The first-order valence-corrected chi connectivity index (χ1v) is 5.39. The van der Waals surface area contributed by atoms with Crippen molar-refractivity contribution in [3.63, 3.8) is 0 Å². The summed E-state index contributed by atoms with van der Waals surface area (Å²) in [5.74, 6) is 0. The Bertz CT molecular complexity index is 330. The van der Waals surface area contributed by atoms with E-state index in [0.29, 0.717) is 0 Å². The van der Waals surface area contributed by atoms with Crippen LogP contribution in [0.4, 0.5) is 0 Å². The molecule has 0 heterocycles. The maximum absolute atomic E-state index is 8.74. The molecule has 0 unspecified atom stereocenters. The van der Waals surface area contributed by atoms with Crippen molar-refractivity contribution in [2.24, 2.45) is 0 Å². The van der Waals surface area contributed by atoms with Gasteiger partial charge >= 0.3 is 8.25 Å². The average Bonchev–Trinajstić information content (AvgIpc) is 2.09. The Morgan fingerprint density at radius 3 is 2.21 bits per heavy atom. The van der Waals surface area contributed by atoms with Gasteiger partial charge in [0.2, 0.25) is 0 Å². The largest absolute Gasteiger partial charge is 0.326 e. The molecular weight excluding hydrogens is 199 g/mol. The summed E-state index contributed by atoms with van der Waals surface area (Å²) < 4.78 is 8.74. The van der Waals surface area contributed by atoms with Crippen LogP contribution in [0.2, 0.25) is 0 Å². The third-order valence-corrected chi connectivity index (χ3v) is 1.87. The first-order chi connectivity index (χ1) is 6.49. The molecule has 0 amide bonds. The van der Waals surface area contributed by atoms with Crippen LogP contribution >= 0.6 is 8.25 Å². The van der Waals surface area contributed by atoms with Crippen LogP contribution in [-0.4, -0.2) is 9.79 Å². The molecule has 0 aromatic heterocycles. The molecule has 0 fully saturated rings. The molecule has 0 aliphatic rings. The quantitative estimate of drug-likeness (QED) is 0.705. The van der Waals surface area contributed by atoms with E-state index in [1.54, 1.807) is 0 Å². The van der Waals surface area contributed by atoms with Crippen LogP contribution in [0.5, 0.6) is 0 Å². The molecule has 0 spiro atoms. The topological polar surface area (TPSA) is 57.5 Å². The van der Waals surface area contributed by atoms with Gasteiger partial charge in [0, 0.05) is 0 Å². The van der Waals surface area contributed by atoms with E-state index in [4.69, 9.17) is 14.4 Å². The van der Waals surface area contributed by atoms with E-state index in [9.17, 15) is 0 Å². The van der Waals surface area contributed by atoms with Gasteiger partial charge in [0.15, 0.2) is 0 Å². The van der Waals surface area contributed by atoms with Crippen molar-refractivity contribution in [2.75, 3.05) is 0 Å². The van der Waals surface area contributed by atoms with Gasteiger partial charge in [0.25, 0.3) is 0 Å². The lowest BCUT2D eigenvalue weighted by atomic mass is 10.0. The van der Waals surface area contributed by atoms with Gasteiger partial charge in [-0.1, -0.05) is 30.9 Å². The lowest BCUT2D eigenvalue weighted by Crippen LogP contribution is -1.83. The third-order valence-electron chi connectivity index (χ3n) is 1.87. The standard InChI is InChI=1S/C10H12.H3O3P/c1-4-10-7-5-6-8(2)9(10)3;1-4(2)3/h4-7H,1H2,2-3H3;4H,(H2,1,2,3). The summed E-state index contributed by atoms with van der Waals surface area (Å²) in [5.41, 5.74) is 3.90. The van der Waals surface area contributed by atoms with Crippen LogP contribution in [0.15, 0.2) is 24.8 Å². The summed E-state index contributed by atoms with van der Waals surface area (Å²) in [6.07, 6.45) is 1.89. The van der Waals surface area contributed by atoms with Crippen molar-refractivity contribution in [1.82, 2.24) is 0 Å². The molecule has 0 bridgehead atoms. The molecule has 3 nitrogen and oxygen atoms in total. The van der Waals surface area contributed by atoms with Crippen LogP contribution in [0.3, 0.4) is 0 Å². The summed E-state index contributed by atoms with van der Waals surface area (Å²) in [6.45, 7) is 7.96. The second-order valence-corrected chi connectivity index (χ2v) is 3.34. The zero-order valence-electron chi connectivity index (χ0n) is 8.32. The van der Waals surface area contributed by atoms with Gasteiger partial charge in [-0.05, 0) is 30.5 Å². The summed E-state index contributed by atoms with van der Waals surface area (Å²) in [6, 6.07) is 6.25. The summed E-state index contributed by atoms with van der Waals surface area (Å²) >= 11 is 0. The predicted octanol–water partition coefficient (Wildman–Crippen LogP) is 2.31. The molecule has 1 rings (SSSR count). The van der Waals surface area contributed by atoms with Crippen molar-refractivity contribution in [1.29, 1.82) is 0 Å². The maximum atomic E-state index is 8.74. The number of hydrogen-bond donors (Lipinski definition) is 2. The predicted molar refractivity (Wildman–Crippen MR) is 59.4 cm³/mol. The van der Waals surface area contributed by atoms with Crippen LogP contribution < -0.4 is 0 Å². The van der Waals surface area contributed by atoms with Crippen molar-refractivity contribution in [3.05, 3.63) is 41.5 Å². The highest BCUT2D eigenvalue weighted by Gasteiger charge is 1.93. The highest BCUT2D eigenvalue weighted by atomic mass is 31.1. The van der Waals surface area contributed by atoms with E-state index in [0.717, 1.165) is 0 Å². The Balaban J connectivity index is 0.000000364. The number of benzene rings is 1. The highest BCUT2D eigenvalue weighted by molar-refractivity contribution is 7.30. The molecule has 1 aromatic rings. The molecule has 0 radical (unpaired) electrons. The Labute approximate surface area is 84.7 Å². The average molecular weight is 214 g/mol. The molecule has 14 heavy (non-hydrogen) atoms. The Hall–Kier alpha value is -0.890. The first-order valence-electron chi connectivity index (χ1n) is 4.09. The lowest BCUT2D eigenvalue weighted by Gasteiger charge is -2.01. The molecule has 0 saturated carbocycles. The normalized spacial score (nSPS) is 9.21. The Kier molecular flexibility index (Phi) is 6.13. The zero-order chi connectivity index (χ0) is 11.1. The molecule has 0 aliphatic heterocycles. The minimum Gasteiger partial charge on any atom is -0.326 e. The van der Waals surface area contributed by atoms with E-state index in [2.05, 4.69) is 38.6 Å². The minimum atomic E-state index is -3.13. The molecule has 1 aromatic carbocycles. The fourth-order valence-corrected chi connectivity index (χ4v) is 0.995. The molecular formula is C10H15O3P. The van der Waals surface area contributed by atoms with Crippen molar-refractivity contribution < 1.29 is 14.4 Å². The first kappa shape index (κ1) is 13.1. The van der Waals surface area contributed by atoms with Crippen LogP contribution in [0.25, 0.3) is 6.08 Å². The zero-order valence-corrected chi connectivity index (χ0v) is 9.32. The molecule has 4 heteroatoms. The smallest absolute Gasteiger partial charge is 0.314 e.